The van der Waals surface area contributed by atoms with Crippen LogP contribution in [-0.4, -0.2) is 0 Å². The summed E-state index contributed by atoms with van der Waals surface area (Å²) in [7, 11) is 0. The van der Waals surface area contributed by atoms with Gasteiger partial charge in [0.15, 0.2) is 0 Å². The third kappa shape index (κ3) is 1.33. The molecule has 1 aliphatic carbocycles. The van der Waals surface area contributed by atoms with Crippen LogP contribution in [-0.2, 0) is 0 Å². The van der Waals surface area contributed by atoms with Crippen LogP contribution in [0, 0.1) is 0 Å². The number of fused-ring (bicyclic) bond motifs is 1. The van der Waals surface area contributed by atoms with Crippen molar-refractivity contribution in [3.63, 3.8) is 0 Å². The molecule has 0 aromatic heterocycles. The first kappa shape index (κ1) is 8.31. The van der Waals surface area contributed by atoms with Crippen molar-refractivity contribution in [1.82, 2.24) is 0 Å². The maximum absolute atomic E-state index is 3.75. The summed E-state index contributed by atoms with van der Waals surface area (Å²) >= 11 is 0. The Morgan fingerprint density at radius 2 is 2.15 bits per heavy atom. The first-order chi connectivity index (χ1) is 6.33. The molecule has 0 N–H and O–H groups in total. The monoisotopic (exact) mass is 170 g/mol. The fourth-order valence-electron chi connectivity index (χ4n) is 2.07. The van der Waals surface area contributed by atoms with Gasteiger partial charge in [0.05, 0.1) is 0 Å². The van der Waals surface area contributed by atoms with Gasteiger partial charge in [-0.2, -0.15) is 0 Å². The van der Waals surface area contributed by atoms with Crippen LogP contribution >= 0.6 is 0 Å². The van der Waals surface area contributed by atoms with E-state index in [9.17, 15) is 0 Å². The lowest BCUT2D eigenvalue weighted by molar-refractivity contribution is 0.828. The molecule has 0 amide bonds. The minimum absolute atomic E-state index is 0.669. The van der Waals surface area contributed by atoms with E-state index in [1.807, 2.05) is 6.08 Å². The molecule has 0 spiro atoms. The predicted molar refractivity (Wildman–Crippen MR) is 57.6 cm³/mol. The van der Waals surface area contributed by atoms with Gasteiger partial charge in [-0.1, -0.05) is 49.9 Å². The first-order valence-corrected chi connectivity index (χ1v) is 4.74. The normalized spacial score (nSPS) is 23.2. The summed E-state index contributed by atoms with van der Waals surface area (Å²) in [6.45, 7) is 6.03. The van der Waals surface area contributed by atoms with Gasteiger partial charge in [-0.3, -0.25) is 0 Å². The van der Waals surface area contributed by atoms with Crippen molar-refractivity contribution in [2.24, 2.45) is 0 Å². The largest absolute Gasteiger partial charge is 0.0991 e. The van der Waals surface area contributed by atoms with Crippen LogP contribution in [0.5, 0.6) is 0 Å². The highest BCUT2D eigenvalue weighted by Crippen LogP contribution is 2.40. The van der Waals surface area contributed by atoms with Gasteiger partial charge in [0.25, 0.3) is 0 Å². The molecule has 1 aliphatic rings. The molecule has 2 rings (SSSR count). The lowest BCUT2D eigenvalue weighted by atomic mass is 10.0. The molecule has 0 radical (unpaired) electrons. The smallest absolute Gasteiger partial charge is 0.0144 e. The highest BCUT2D eigenvalue weighted by Gasteiger charge is 2.21. The average Bonchev–Trinajstić information content (AvgIpc) is 2.46. The fourth-order valence-corrected chi connectivity index (χ4v) is 2.07. The molecule has 0 heteroatoms. The number of allylic oxidation sites excluding steroid dienone is 3. The van der Waals surface area contributed by atoms with Crippen LogP contribution in [0.3, 0.4) is 0 Å². The van der Waals surface area contributed by atoms with Crippen LogP contribution in [0.2, 0.25) is 0 Å². The minimum Gasteiger partial charge on any atom is -0.0991 e. The van der Waals surface area contributed by atoms with E-state index in [2.05, 4.69) is 43.8 Å². The zero-order valence-corrected chi connectivity index (χ0v) is 7.96. The lowest BCUT2D eigenvalue weighted by Gasteiger charge is -2.00. The minimum atomic E-state index is 0.669. The Kier molecular flexibility index (Phi) is 2.05. The maximum atomic E-state index is 3.75. The molecule has 13 heavy (non-hydrogen) atoms. The Morgan fingerprint density at radius 3 is 2.92 bits per heavy atom. The molecule has 1 aromatic rings. The Bertz CT molecular complexity index is 358. The Balaban J connectivity index is 2.53. The number of hydrogen-bond donors (Lipinski definition) is 0. The molecule has 66 valence electrons. The van der Waals surface area contributed by atoms with E-state index in [0.29, 0.717) is 5.92 Å². The molecule has 0 aliphatic heterocycles. The zero-order chi connectivity index (χ0) is 9.26. The van der Waals surface area contributed by atoms with E-state index in [1.165, 1.54) is 16.7 Å². The van der Waals surface area contributed by atoms with Crippen molar-refractivity contribution in [2.45, 2.75) is 19.3 Å². The Hall–Kier alpha value is -1.30. The van der Waals surface area contributed by atoms with E-state index in [4.69, 9.17) is 0 Å². The SMILES string of the molecule is C=C/C=C1\CC(C)c2ccccc21. The topological polar surface area (TPSA) is 0 Å². The first-order valence-electron chi connectivity index (χ1n) is 4.74. The number of rotatable bonds is 1. The Labute approximate surface area is 79.6 Å². The van der Waals surface area contributed by atoms with Gasteiger partial charge < -0.3 is 0 Å². The summed E-state index contributed by atoms with van der Waals surface area (Å²) in [4.78, 5) is 0. The molecule has 1 unspecified atom stereocenters. The van der Waals surface area contributed by atoms with Gasteiger partial charge in [0.2, 0.25) is 0 Å². The van der Waals surface area contributed by atoms with Crippen LogP contribution in [0.4, 0.5) is 0 Å². The highest BCUT2D eigenvalue weighted by molar-refractivity contribution is 5.74. The van der Waals surface area contributed by atoms with Crippen molar-refractivity contribution in [3.8, 4) is 0 Å². The van der Waals surface area contributed by atoms with Gasteiger partial charge in [-0.25, -0.2) is 0 Å². The molecule has 0 nitrogen and oxygen atoms in total. The van der Waals surface area contributed by atoms with Crippen molar-refractivity contribution in [2.75, 3.05) is 0 Å². The molecule has 1 aromatic carbocycles. The van der Waals surface area contributed by atoms with Gasteiger partial charge in [-0.05, 0) is 29.0 Å². The standard InChI is InChI=1S/C13H14/c1-3-6-11-9-10(2)12-7-4-5-8-13(11)12/h3-8,10H,1,9H2,2H3/b11-6+. The predicted octanol–water partition coefficient (Wildman–Crippen LogP) is 3.76. The molecule has 0 heterocycles. The van der Waals surface area contributed by atoms with E-state index in [-0.39, 0.29) is 0 Å². The Morgan fingerprint density at radius 1 is 1.38 bits per heavy atom. The van der Waals surface area contributed by atoms with Crippen molar-refractivity contribution >= 4 is 5.57 Å². The molecule has 0 saturated carbocycles. The fraction of sp³-hybridized carbons (Fsp3) is 0.231. The lowest BCUT2D eigenvalue weighted by Crippen LogP contribution is -1.83. The van der Waals surface area contributed by atoms with Crippen molar-refractivity contribution < 1.29 is 0 Å². The summed E-state index contributed by atoms with van der Waals surface area (Å²) in [5, 5.41) is 0. The third-order valence-corrected chi connectivity index (χ3v) is 2.68. The van der Waals surface area contributed by atoms with Crippen LogP contribution < -0.4 is 0 Å². The maximum Gasteiger partial charge on any atom is -0.0144 e. The van der Waals surface area contributed by atoms with Gasteiger partial charge in [0.1, 0.15) is 0 Å². The molecular weight excluding hydrogens is 156 g/mol. The molecular formula is C13H14. The van der Waals surface area contributed by atoms with Crippen molar-refractivity contribution in [1.29, 1.82) is 0 Å². The molecule has 0 saturated heterocycles. The van der Waals surface area contributed by atoms with Crippen LogP contribution in [0.25, 0.3) is 5.57 Å². The third-order valence-electron chi connectivity index (χ3n) is 2.68. The van der Waals surface area contributed by atoms with E-state index in [0.717, 1.165) is 6.42 Å². The summed E-state index contributed by atoms with van der Waals surface area (Å²) < 4.78 is 0. The zero-order valence-electron chi connectivity index (χ0n) is 7.96. The molecule has 0 bridgehead atoms. The van der Waals surface area contributed by atoms with E-state index >= 15 is 0 Å². The van der Waals surface area contributed by atoms with Crippen molar-refractivity contribution in [3.05, 3.63) is 54.1 Å². The van der Waals surface area contributed by atoms with Crippen LogP contribution in [0.15, 0.2) is 43.0 Å². The van der Waals surface area contributed by atoms with Gasteiger partial charge in [0, 0.05) is 0 Å². The summed E-state index contributed by atoms with van der Waals surface area (Å²) in [5.74, 6) is 0.669. The van der Waals surface area contributed by atoms with Gasteiger partial charge in [-0.15, -0.1) is 0 Å². The van der Waals surface area contributed by atoms with Gasteiger partial charge >= 0.3 is 0 Å². The second kappa shape index (κ2) is 3.21. The molecule has 0 fully saturated rings. The second-order valence-corrected chi connectivity index (χ2v) is 3.62. The average molecular weight is 170 g/mol. The van der Waals surface area contributed by atoms with E-state index in [1.54, 1.807) is 0 Å². The highest BCUT2D eigenvalue weighted by atomic mass is 14.2. The summed E-state index contributed by atoms with van der Waals surface area (Å²) in [6.07, 6.45) is 5.16. The van der Waals surface area contributed by atoms with Crippen LogP contribution in [0.1, 0.15) is 30.4 Å². The molecule has 1 atom stereocenters. The second-order valence-electron chi connectivity index (χ2n) is 3.62. The summed E-state index contributed by atoms with van der Waals surface area (Å²) in [6, 6.07) is 8.65. The number of hydrogen-bond acceptors (Lipinski definition) is 0. The number of benzene rings is 1. The summed E-state index contributed by atoms with van der Waals surface area (Å²) in [5.41, 5.74) is 4.32. The quantitative estimate of drug-likeness (QED) is 0.602. The van der Waals surface area contributed by atoms with E-state index < -0.39 is 0 Å².